The molecule has 0 saturated heterocycles. The first-order valence-corrected chi connectivity index (χ1v) is 6.39. The first kappa shape index (κ1) is 16.3. The Kier molecular flexibility index (Phi) is 6.49. The lowest BCUT2D eigenvalue weighted by Crippen LogP contribution is -2.00. The van der Waals surface area contributed by atoms with Crippen LogP contribution in [0.1, 0.15) is 16.7 Å². The van der Waals surface area contributed by atoms with Gasteiger partial charge in [-0.15, -0.1) is 19.7 Å². The molecule has 0 amide bonds. The maximum Gasteiger partial charge on any atom is 0.240 e. The van der Waals surface area contributed by atoms with Crippen LogP contribution < -0.4 is 0 Å². The minimum absolute atomic E-state index is 0.301. The van der Waals surface area contributed by atoms with Gasteiger partial charge in [0.1, 0.15) is 11.4 Å². The topological polar surface area (TPSA) is 58.9 Å². The third-order valence-corrected chi connectivity index (χ3v) is 2.98. The Labute approximate surface area is 123 Å². The first-order chi connectivity index (χ1) is 10.2. The van der Waals surface area contributed by atoms with Crippen LogP contribution in [0.3, 0.4) is 0 Å². The van der Waals surface area contributed by atoms with E-state index in [-0.39, 0.29) is 0 Å². The molecule has 0 aliphatic rings. The van der Waals surface area contributed by atoms with Crippen LogP contribution in [0.15, 0.2) is 54.0 Å². The van der Waals surface area contributed by atoms with E-state index in [0.29, 0.717) is 30.6 Å². The highest BCUT2D eigenvalue weighted by molar-refractivity contribution is 5.75. The van der Waals surface area contributed by atoms with Gasteiger partial charge in [-0.1, -0.05) is 18.2 Å². The van der Waals surface area contributed by atoms with Crippen molar-refractivity contribution in [2.75, 3.05) is 0 Å². The lowest BCUT2D eigenvalue weighted by atomic mass is 9.91. The molecule has 1 aromatic carbocycles. The molecule has 0 spiro atoms. The van der Waals surface area contributed by atoms with Crippen LogP contribution in [0.25, 0.3) is 0 Å². The van der Waals surface area contributed by atoms with Crippen molar-refractivity contribution in [3.63, 3.8) is 0 Å². The largest absolute Gasteiger partial charge is 0.240 e. The van der Waals surface area contributed by atoms with E-state index in [0.717, 1.165) is 16.7 Å². The third kappa shape index (κ3) is 3.83. The van der Waals surface area contributed by atoms with Gasteiger partial charge in [0.05, 0.1) is 0 Å². The Morgan fingerprint density at radius 2 is 1.48 bits per heavy atom. The molecular weight excluding hydrogens is 264 g/mol. The summed E-state index contributed by atoms with van der Waals surface area (Å²) >= 11 is 0. The molecule has 0 fully saturated rings. The van der Waals surface area contributed by atoms with E-state index in [4.69, 9.17) is 0 Å². The van der Waals surface area contributed by atoms with E-state index in [9.17, 15) is 9.59 Å². The summed E-state index contributed by atoms with van der Waals surface area (Å²) in [5.41, 5.74) is 3.37. The predicted molar refractivity (Wildman–Crippen MR) is 83.7 cm³/mol. The number of allylic oxidation sites excluding steroid dienone is 3. The Hall–Kier alpha value is -2.80. The van der Waals surface area contributed by atoms with Crippen molar-refractivity contribution >= 4 is 23.5 Å². The van der Waals surface area contributed by atoms with E-state index in [2.05, 4.69) is 29.7 Å². The van der Waals surface area contributed by atoms with E-state index in [1.807, 2.05) is 0 Å². The van der Waals surface area contributed by atoms with Gasteiger partial charge in [0.25, 0.3) is 0 Å². The van der Waals surface area contributed by atoms with Crippen molar-refractivity contribution in [1.29, 1.82) is 0 Å². The van der Waals surface area contributed by atoms with Crippen LogP contribution in [0.5, 0.6) is 0 Å². The SMILES string of the molecule is C=CCc1cc(N=C=O)c(N=C=O)c(CC=C)c1CC=C. The highest BCUT2D eigenvalue weighted by Gasteiger charge is 2.16. The zero-order valence-corrected chi connectivity index (χ0v) is 11.8. The number of carbonyl (C=O) groups excluding carboxylic acids is 2. The van der Waals surface area contributed by atoms with Gasteiger partial charge in [0.2, 0.25) is 12.2 Å². The van der Waals surface area contributed by atoms with Crippen molar-refractivity contribution in [2.45, 2.75) is 19.3 Å². The second kappa shape index (κ2) is 8.39. The molecule has 1 aromatic rings. The maximum atomic E-state index is 10.7. The summed E-state index contributed by atoms with van der Waals surface area (Å²) in [4.78, 5) is 28.6. The van der Waals surface area contributed by atoms with Crippen molar-refractivity contribution in [3.05, 3.63) is 60.7 Å². The van der Waals surface area contributed by atoms with E-state index >= 15 is 0 Å². The van der Waals surface area contributed by atoms with Crippen LogP contribution >= 0.6 is 0 Å². The van der Waals surface area contributed by atoms with Gasteiger partial charge in [-0.3, -0.25) is 0 Å². The zero-order valence-electron chi connectivity index (χ0n) is 11.8. The fourth-order valence-electron chi connectivity index (χ4n) is 2.22. The van der Waals surface area contributed by atoms with Crippen molar-refractivity contribution in [2.24, 2.45) is 9.98 Å². The van der Waals surface area contributed by atoms with E-state index < -0.39 is 0 Å². The van der Waals surface area contributed by atoms with Crippen LogP contribution in [-0.2, 0) is 28.9 Å². The average molecular weight is 280 g/mol. The molecule has 0 saturated carbocycles. The Bertz CT molecular complexity index is 662. The van der Waals surface area contributed by atoms with Gasteiger partial charge in [-0.05, 0) is 42.0 Å². The molecule has 4 heteroatoms. The predicted octanol–water partition coefficient (Wildman–Crippen LogP) is 3.81. The molecule has 0 aromatic heterocycles. The van der Waals surface area contributed by atoms with Gasteiger partial charge >= 0.3 is 0 Å². The Morgan fingerprint density at radius 3 is 2.00 bits per heavy atom. The number of hydrogen-bond acceptors (Lipinski definition) is 4. The molecule has 0 unspecified atom stereocenters. The Morgan fingerprint density at radius 1 is 0.905 bits per heavy atom. The lowest BCUT2D eigenvalue weighted by Gasteiger charge is -2.15. The molecule has 0 atom stereocenters. The summed E-state index contributed by atoms with van der Waals surface area (Å²) in [6, 6.07) is 1.72. The molecule has 0 radical (unpaired) electrons. The minimum Gasteiger partial charge on any atom is -0.211 e. The van der Waals surface area contributed by atoms with E-state index in [1.165, 1.54) is 12.2 Å². The van der Waals surface area contributed by atoms with Crippen LogP contribution in [0.4, 0.5) is 11.4 Å². The minimum atomic E-state index is 0.301. The number of hydrogen-bond donors (Lipinski definition) is 0. The van der Waals surface area contributed by atoms with Gasteiger partial charge in [0.15, 0.2) is 0 Å². The summed E-state index contributed by atoms with van der Waals surface area (Å²) in [5.74, 6) is 0. The second-order valence-corrected chi connectivity index (χ2v) is 4.25. The number of nitrogens with zero attached hydrogens (tertiary/aromatic N) is 2. The monoisotopic (exact) mass is 280 g/mol. The van der Waals surface area contributed by atoms with Crippen LogP contribution in [-0.4, -0.2) is 12.2 Å². The molecule has 1 rings (SSSR count). The maximum absolute atomic E-state index is 10.7. The third-order valence-electron chi connectivity index (χ3n) is 2.98. The Balaban J connectivity index is 3.80. The molecule has 0 aliphatic heterocycles. The highest BCUT2D eigenvalue weighted by Crippen LogP contribution is 2.37. The average Bonchev–Trinajstić information content (AvgIpc) is 2.47. The van der Waals surface area contributed by atoms with Crippen LogP contribution in [0.2, 0.25) is 0 Å². The molecule has 0 bridgehead atoms. The molecule has 0 N–H and O–H groups in total. The van der Waals surface area contributed by atoms with Crippen molar-refractivity contribution < 1.29 is 9.59 Å². The molecule has 21 heavy (non-hydrogen) atoms. The summed E-state index contributed by atoms with van der Waals surface area (Å²) in [6.45, 7) is 11.2. The van der Waals surface area contributed by atoms with Crippen molar-refractivity contribution in [1.82, 2.24) is 0 Å². The number of isocyanates is 2. The van der Waals surface area contributed by atoms with Crippen molar-refractivity contribution in [3.8, 4) is 0 Å². The summed E-state index contributed by atoms with van der Waals surface area (Å²) in [6.07, 6.45) is 9.95. The standard InChI is InChI=1S/C17H16N2O2/c1-4-7-13-10-16(18-11-20)17(19-12-21)15(9-6-3)14(13)8-5-2/h4-6,10H,1-3,7-9H2. The molecular formula is C17H16N2O2. The first-order valence-electron chi connectivity index (χ1n) is 6.39. The number of rotatable bonds is 8. The number of benzene rings is 1. The summed E-state index contributed by atoms with van der Waals surface area (Å²) < 4.78 is 0. The van der Waals surface area contributed by atoms with Crippen LogP contribution in [0, 0.1) is 0 Å². The summed E-state index contributed by atoms with van der Waals surface area (Å²) in [5, 5.41) is 0. The van der Waals surface area contributed by atoms with Gasteiger partial charge in [-0.25, -0.2) is 9.59 Å². The normalized spacial score (nSPS) is 9.14. The number of aliphatic imine (C=N–C) groups is 2. The zero-order chi connectivity index (χ0) is 15.7. The fourth-order valence-corrected chi connectivity index (χ4v) is 2.22. The second-order valence-electron chi connectivity index (χ2n) is 4.25. The quantitative estimate of drug-likeness (QED) is 0.413. The molecule has 0 aliphatic carbocycles. The van der Waals surface area contributed by atoms with Gasteiger partial charge < -0.3 is 0 Å². The van der Waals surface area contributed by atoms with E-state index in [1.54, 1.807) is 24.3 Å². The van der Waals surface area contributed by atoms with Gasteiger partial charge in [0, 0.05) is 0 Å². The molecule has 4 nitrogen and oxygen atoms in total. The summed E-state index contributed by atoms with van der Waals surface area (Å²) in [7, 11) is 0. The lowest BCUT2D eigenvalue weighted by molar-refractivity contribution is 0.564. The smallest absolute Gasteiger partial charge is 0.211 e. The molecule has 106 valence electrons. The van der Waals surface area contributed by atoms with Gasteiger partial charge in [-0.2, -0.15) is 9.98 Å². The fraction of sp³-hybridized carbons (Fsp3) is 0.176. The molecule has 0 heterocycles. The highest BCUT2D eigenvalue weighted by atomic mass is 16.1.